The molecule has 1 N–H and O–H groups in total. The minimum Gasteiger partial charge on any atom is -0.465 e. The first kappa shape index (κ1) is 15.5. The maximum absolute atomic E-state index is 12.9. The minimum absolute atomic E-state index is 0.0323. The average molecular weight is 324 g/mol. The van der Waals surface area contributed by atoms with Crippen molar-refractivity contribution in [3.05, 3.63) is 29.8 Å². The molecule has 6 nitrogen and oxygen atoms in total. The van der Waals surface area contributed by atoms with Gasteiger partial charge in [-0.1, -0.05) is 12.1 Å². The van der Waals surface area contributed by atoms with Gasteiger partial charge in [0, 0.05) is 19.6 Å². The lowest BCUT2D eigenvalue weighted by Gasteiger charge is -2.23. The Labute approximate surface area is 130 Å². The van der Waals surface area contributed by atoms with Gasteiger partial charge in [0.2, 0.25) is 10.0 Å². The Bertz CT molecular complexity index is 681. The van der Waals surface area contributed by atoms with Crippen molar-refractivity contribution in [2.75, 3.05) is 33.3 Å². The molecule has 0 radical (unpaired) electrons. The highest BCUT2D eigenvalue weighted by Gasteiger charge is 2.45. The Balaban J connectivity index is 1.93. The van der Waals surface area contributed by atoms with E-state index in [0.717, 1.165) is 25.9 Å². The van der Waals surface area contributed by atoms with Gasteiger partial charge < -0.3 is 10.1 Å². The van der Waals surface area contributed by atoms with Crippen molar-refractivity contribution in [3.8, 4) is 0 Å². The Kier molecular flexibility index (Phi) is 3.96. The summed E-state index contributed by atoms with van der Waals surface area (Å²) in [6.45, 7) is 2.81. The fourth-order valence-corrected chi connectivity index (χ4v) is 5.09. The van der Waals surface area contributed by atoms with Crippen molar-refractivity contribution >= 4 is 16.0 Å². The van der Waals surface area contributed by atoms with Crippen LogP contribution in [-0.2, 0) is 14.8 Å². The second-order valence-corrected chi connectivity index (χ2v) is 7.91. The van der Waals surface area contributed by atoms with E-state index in [0.29, 0.717) is 13.1 Å². The van der Waals surface area contributed by atoms with Crippen molar-refractivity contribution in [1.29, 1.82) is 0 Å². The number of carbonyl (C=O) groups is 1. The van der Waals surface area contributed by atoms with Crippen molar-refractivity contribution in [1.82, 2.24) is 9.62 Å². The minimum atomic E-state index is -3.68. The normalized spacial score (nSPS) is 25.7. The zero-order valence-electron chi connectivity index (χ0n) is 12.5. The Hall–Kier alpha value is -1.44. The summed E-state index contributed by atoms with van der Waals surface area (Å²) in [6, 6.07) is 6.22. The first-order chi connectivity index (χ1) is 10.5. The zero-order valence-corrected chi connectivity index (χ0v) is 13.4. The first-order valence-electron chi connectivity index (χ1n) is 7.37. The molecule has 2 saturated heterocycles. The lowest BCUT2D eigenvalue weighted by atomic mass is 9.87. The summed E-state index contributed by atoms with van der Waals surface area (Å²) in [4.78, 5) is 11.9. The van der Waals surface area contributed by atoms with Crippen LogP contribution >= 0.6 is 0 Å². The van der Waals surface area contributed by atoms with Gasteiger partial charge in [0.25, 0.3) is 0 Å². The molecule has 2 heterocycles. The number of carbonyl (C=O) groups excluding carboxylic acids is 1. The second kappa shape index (κ2) is 5.64. The summed E-state index contributed by atoms with van der Waals surface area (Å²) in [7, 11) is -2.43. The van der Waals surface area contributed by atoms with Crippen molar-refractivity contribution in [3.63, 3.8) is 0 Å². The lowest BCUT2D eigenvalue weighted by Crippen LogP contribution is -2.34. The van der Waals surface area contributed by atoms with Crippen molar-refractivity contribution < 1.29 is 17.9 Å². The summed E-state index contributed by atoms with van der Waals surface area (Å²) in [5, 5.41) is 3.31. The van der Waals surface area contributed by atoms with E-state index in [2.05, 4.69) is 5.32 Å². The highest BCUT2D eigenvalue weighted by atomic mass is 32.2. The molecule has 22 heavy (non-hydrogen) atoms. The van der Waals surface area contributed by atoms with E-state index in [-0.39, 0.29) is 15.9 Å². The second-order valence-electron chi connectivity index (χ2n) is 6.00. The van der Waals surface area contributed by atoms with Crippen LogP contribution in [0.2, 0.25) is 0 Å². The molecule has 1 spiro atoms. The zero-order chi connectivity index (χ0) is 15.8. The number of sulfonamides is 1. The van der Waals surface area contributed by atoms with E-state index in [4.69, 9.17) is 4.74 Å². The van der Waals surface area contributed by atoms with E-state index in [1.165, 1.54) is 23.5 Å². The molecular formula is C15H20N2O4S. The number of nitrogens with one attached hydrogen (secondary N) is 1. The molecule has 2 aliphatic rings. The van der Waals surface area contributed by atoms with Crippen LogP contribution in [-0.4, -0.2) is 52.0 Å². The average Bonchev–Trinajstić information content (AvgIpc) is 3.17. The van der Waals surface area contributed by atoms with Gasteiger partial charge in [-0.25, -0.2) is 13.2 Å². The number of benzene rings is 1. The summed E-state index contributed by atoms with van der Waals surface area (Å²) >= 11 is 0. The maximum Gasteiger partial charge on any atom is 0.339 e. The monoisotopic (exact) mass is 324 g/mol. The highest BCUT2D eigenvalue weighted by molar-refractivity contribution is 7.89. The fraction of sp³-hybridized carbons (Fsp3) is 0.533. The molecule has 1 aromatic rings. The molecule has 0 saturated carbocycles. The molecule has 2 fully saturated rings. The van der Waals surface area contributed by atoms with Gasteiger partial charge in [0.05, 0.1) is 17.6 Å². The summed E-state index contributed by atoms with van der Waals surface area (Å²) in [5.41, 5.74) is 0.142. The Morgan fingerprint density at radius 1 is 1.32 bits per heavy atom. The van der Waals surface area contributed by atoms with Gasteiger partial charge in [0.1, 0.15) is 0 Å². The quantitative estimate of drug-likeness (QED) is 0.834. The summed E-state index contributed by atoms with van der Waals surface area (Å²) in [6.07, 6.45) is 1.86. The van der Waals surface area contributed by atoms with Crippen LogP contribution in [0.15, 0.2) is 29.2 Å². The molecule has 1 atom stereocenters. The van der Waals surface area contributed by atoms with Gasteiger partial charge in [-0.15, -0.1) is 0 Å². The molecule has 2 aliphatic heterocycles. The predicted octanol–water partition coefficient (Wildman–Crippen LogP) is 0.847. The standard InChI is InChI=1S/C15H20N2O4S/c1-21-14(18)12-4-2-3-5-13(12)22(19,20)17-9-7-15(11-17)6-8-16-10-15/h2-5,16H,6-11H2,1H3. The number of ether oxygens (including phenoxy) is 1. The summed E-state index contributed by atoms with van der Waals surface area (Å²) < 4.78 is 32.0. The fourth-order valence-electron chi connectivity index (χ4n) is 3.35. The number of hydrogen-bond donors (Lipinski definition) is 1. The van der Waals surface area contributed by atoms with Crippen LogP contribution in [0.3, 0.4) is 0 Å². The van der Waals surface area contributed by atoms with Gasteiger partial charge in [-0.05, 0) is 36.9 Å². The molecule has 1 unspecified atom stereocenters. The molecule has 0 amide bonds. The smallest absolute Gasteiger partial charge is 0.339 e. The largest absolute Gasteiger partial charge is 0.465 e. The van der Waals surface area contributed by atoms with Crippen LogP contribution < -0.4 is 5.32 Å². The third kappa shape index (κ3) is 2.53. The third-order valence-electron chi connectivity index (χ3n) is 4.65. The molecule has 7 heteroatoms. The van der Waals surface area contributed by atoms with E-state index in [1.807, 2.05) is 0 Å². The molecule has 0 aromatic heterocycles. The van der Waals surface area contributed by atoms with Crippen molar-refractivity contribution in [2.45, 2.75) is 17.7 Å². The summed E-state index contributed by atoms with van der Waals surface area (Å²) in [5.74, 6) is -0.629. The van der Waals surface area contributed by atoms with E-state index in [9.17, 15) is 13.2 Å². The number of hydrogen-bond acceptors (Lipinski definition) is 5. The SMILES string of the molecule is COC(=O)c1ccccc1S(=O)(=O)N1CCC2(CCNC2)C1. The lowest BCUT2D eigenvalue weighted by molar-refractivity contribution is 0.0596. The van der Waals surface area contributed by atoms with Crippen LogP contribution in [0, 0.1) is 5.41 Å². The van der Waals surface area contributed by atoms with Gasteiger partial charge >= 0.3 is 5.97 Å². The van der Waals surface area contributed by atoms with E-state index >= 15 is 0 Å². The van der Waals surface area contributed by atoms with Gasteiger partial charge in [0.15, 0.2) is 0 Å². The predicted molar refractivity (Wildman–Crippen MR) is 81.1 cm³/mol. The molecule has 120 valence electrons. The number of esters is 1. The van der Waals surface area contributed by atoms with Gasteiger partial charge in [-0.3, -0.25) is 0 Å². The molecule has 3 rings (SSSR count). The van der Waals surface area contributed by atoms with Crippen LogP contribution in [0.4, 0.5) is 0 Å². The van der Waals surface area contributed by atoms with E-state index < -0.39 is 16.0 Å². The number of rotatable bonds is 3. The van der Waals surface area contributed by atoms with Crippen LogP contribution in [0.25, 0.3) is 0 Å². The molecule has 0 aliphatic carbocycles. The third-order valence-corrected chi connectivity index (χ3v) is 6.55. The number of nitrogens with zero attached hydrogens (tertiary/aromatic N) is 1. The Morgan fingerprint density at radius 2 is 2.09 bits per heavy atom. The molecule has 0 bridgehead atoms. The maximum atomic E-state index is 12.9. The topological polar surface area (TPSA) is 75.7 Å². The first-order valence-corrected chi connectivity index (χ1v) is 8.81. The Morgan fingerprint density at radius 3 is 2.77 bits per heavy atom. The van der Waals surface area contributed by atoms with E-state index in [1.54, 1.807) is 12.1 Å². The molecule has 1 aromatic carbocycles. The highest BCUT2D eigenvalue weighted by Crippen LogP contribution is 2.38. The van der Waals surface area contributed by atoms with Gasteiger partial charge in [-0.2, -0.15) is 4.31 Å². The van der Waals surface area contributed by atoms with Crippen LogP contribution in [0.5, 0.6) is 0 Å². The molecular weight excluding hydrogens is 304 g/mol. The number of methoxy groups -OCH3 is 1. The van der Waals surface area contributed by atoms with Crippen molar-refractivity contribution in [2.24, 2.45) is 5.41 Å². The van der Waals surface area contributed by atoms with Crippen LogP contribution in [0.1, 0.15) is 23.2 Å².